The Bertz CT molecular complexity index is 292. The van der Waals surface area contributed by atoms with Crippen LogP contribution in [0.25, 0.3) is 0 Å². The van der Waals surface area contributed by atoms with E-state index in [9.17, 15) is 0 Å². The Morgan fingerprint density at radius 3 is 2.44 bits per heavy atom. The van der Waals surface area contributed by atoms with Crippen LogP contribution in [0.2, 0.25) is 0 Å². The summed E-state index contributed by atoms with van der Waals surface area (Å²) in [5.41, 5.74) is 0.872. The zero-order valence-electron chi connectivity index (χ0n) is 11.7. The fourth-order valence-corrected chi connectivity index (χ4v) is 5.70. The van der Waals surface area contributed by atoms with Gasteiger partial charge in [0.2, 0.25) is 0 Å². The van der Waals surface area contributed by atoms with Crippen LogP contribution in [-0.2, 0) is 4.74 Å². The van der Waals surface area contributed by atoms with Gasteiger partial charge in [0, 0.05) is 11.4 Å². The van der Waals surface area contributed by atoms with E-state index in [0.29, 0.717) is 5.41 Å². The number of rotatable bonds is 1. The maximum absolute atomic E-state index is 6.26. The first-order valence-corrected chi connectivity index (χ1v) is 8.82. The van der Waals surface area contributed by atoms with E-state index >= 15 is 0 Å². The molecule has 18 heavy (non-hydrogen) atoms. The molecule has 3 fully saturated rings. The molecule has 3 unspecified atom stereocenters. The molecule has 0 radical (unpaired) electrons. The monoisotopic (exact) mass is 314 g/mol. The Labute approximate surface area is 120 Å². The summed E-state index contributed by atoms with van der Waals surface area (Å²) in [4.78, 5) is 0.771. The van der Waals surface area contributed by atoms with E-state index in [4.69, 9.17) is 4.74 Å². The first kappa shape index (κ1) is 13.4. The van der Waals surface area contributed by atoms with E-state index in [1.807, 2.05) is 0 Å². The molecule has 104 valence electrons. The molecule has 1 heterocycles. The van der Waals surface area contributed by atoms with E-state index in [1.165, 1.54) is 64.2 Å². The van der Waals surface area contributed by atoms with Gasteiger partial charge in [0.15, 0.2) is 0 Å². The van der Waals surface area contributed by atoms with Gasteiger partial charge in [-0.05, 0) is 56.3 Å². The number of hydrogen-bond donors (Lipinski definition) is 0. The van der Waals surface area contributed by atoms with Crippen LogP contribution < -0.4 is 0 Å². The highest BCUT2D eigenvalue weighted by Crippen LogP contribution is 2.53. The molecule has 2 saturated carbocycles. The fourth-order valence-electron chi connectivity index (χ4n) is 4.73. The summed E-state index contributed by atoms with van der Waals surface area (Å²) in [5, 5.41) is 0. The molecule has 2 aliphatic carbocycles. The van der Waals surface area contributed by atoms with E-state index < -0.39 is 0 Å². The van der Waals surface area contributed by atoms with Crippen LogP contribution in [-0.4, -0.2) is 17.0 Å². The molecule has 3 rings (SSSR count). The van der Waals surface area contributed by atoms with Gasteiger partial charge in [-0.2, -0.15) is 0 Å². The van der Waals surface area contributed by atoms with Gasteiger partial charge in [-0.25, -0.2) is 0 Å². The van der Waals surface area contributed by atoms with Crippen molar-refractivity contribution >= 4 is 15.9 Å². The standard InChI is InChI=1S/C16H27BrO/c1-15(9-5-14(17)12-15)13-6-10-18-16(11-13)7-3-2-4-8-16/h13-14H,2-12H2,1H3. The average molecular weight is 315 g/mol. The molecule has 1 spiro atoms. The van der Waals surface area contributed by atoms with E-state index in [1.54, 1.807) is 0 Å². The molecule has 0 N–H and O–H groups in total. The molecule has 0 bridgehead atoms. The minimum Gasteiger partial charge on any atom is -0.375 e. The van der Waals surface area contributed by atoms with Crippen LogP contribution in [0.1, 0.15) is 71.1 Å². The van der Waals surface area contributed by atoms with Crippen molar-refractivity contribution in [3.8, 4) is 0 Å². The summed E-state index contributed by atoms with van der Waals surface area (Å²) >= 11 is 3.84. The van der Waals surface area contributed by atoms with Gasteiger partial charge in [-0.1, -0.05) is 42.1 Å². The summed E-state index contributed by atoms with van der Waals surface area (Å²) in [6.45, 7) is 3.56. The highest BCUT2D eigenvalue weighted by Gasteiger charge is 2.47. The van der Waals surface area contributed by atoms with E-state index in [-0.39, 0.29) is 5.60 Å². The molecule has 0 amide bonds. The number of halogens is 1. The molecule has 3 atom stereocenters. The summed E-state index contributed by atoms with van der Waals surface area (Å²) in [7, 11) is 0. The van der Waals surface area contributed by atoms with Crippen LogP contribution in [0.15, 0.2) is 0 Å². The summed E-state index contributed by atoms with van der Waals surface area (Å²) in [6.07, 6.45) is 13.7. The van der Waals surface area contributed by atoms with Gasteiger partial charge < -0.3 is 4.74 Å². The minimum atomic E-state index is 0.286. The first-order chi connectivity index (χ1) is 8.62. The summed E-state index contributed by atoms with van der Waals surface area (Å²) < 4.78 is 6.26. The number of alkyl halides is 1. The highest BCUT2D eigenvalue weighted by molar-refractivity contribution is 9.09. The normalized spacial score (nSPS) is 44.3. The average Bonchev–Trinajstić information content (AvgIpc) is 2.72. The molecule has 1 nitrogen and oxygen atoms in total. The second-order valence-electron chi connectivity index (χ2n) is 7.28. The van der Waals surface area contributed by atoms with Crippen LogP contribution >= 0.6 is 15.9 Å². The van der Waals surface area contributed by atoms with Crippen molar-refractivity contribution in [2.45, 2.75) is 81.6 Å². The molecular weight excluding hydrogens is 288 g/mol. The van der Waals surface area contributed by atoms with E-state index in [0.717, 1.165) is 17.4 Å². The van der Waals surface area contributed by atoms with Crippen molar-refractivity contribution in [1.29, 1.82) is 0 Å². The smallest absolute Gasteiger partial charge is 0.0685 e. The lowest BCUT2D eigenvalue weighted by molar-refractivity contribution is -0.134. The molecular formula is C16H27BrO. The van der Waals surface area contributed by atoms with Gasteiger partial charge in [0.1, 0.15) is 0 Å². The Kier molecular flexibility index (Phi) is 3.79. The van der Waals surface area contributed by atoms with Crippen LogP contribution in [0.3, 0.4) is 0 Å². The lowest BCUT2D eigenvalue weighted by Gasteiger charge is -2.48. The molecule has 0 aromatic heterocycles. The minimum absolute atomic E-state index is 0.286. The number of ether oxygens (including phenoxy) is 1. The second-order valence-corrected chi connectivity index (χ2v) is 8.57. The maximum Gasteiger partial charge on any atom is 0.0685 e. The van der Waals surface area contributed by atoms with Crippen LogP contribution in [0.4, 0.5) is 0 Å². The van der Waals surface area contributed by atoms with Gasteiger partial charge >= 0.3 is 0 Å². The second kappa shape index (κ2) is 5.09. The maximum atomic E-state index is 6.26. The SMILES string of the molecule is CC1(C2CCOC3(CCCCC3)C2)CCC(Br)C1. The van der Waals surface area contributed by atoms with E-state index in [2.05, 4.69) is 22.9 Å². The van der Waals surface area contributed by atoms with Gasteiger partial charge in [-0.15, -0.1) is 0 Å². The van der Waals surface area contributed by atoms with Crippen molar-refractivity contribution in [3.05, 3.63) is 0 Å². The first-order valence-electron chi connectivity index (χ1n) is 7.90. The molecule has 3 aliphatic rings. The van der Waals surface area contributed by atoms with Crippen molar-refractivity contribution in [2.75, 3.05) is 6.61 Å². The van der Waals surface area contributed by atoms with Crippen molar-refractivity contribution in [1.82, 2.24) is 0 Å². The third-order valence-electron chi connectivity index (χ3n) is 5.96. The van der Waals surface area contributed by atoms with Crippen LogP contribution in [0, 0.1) is 11.3 Å². The lowest BCUT2D eigenvalue weighted by atomic mass is 9.66. The van der Waals surface area contributed by atoms with Crippen molar-refractivity contribution in [2.24, 2.45) is 11.3 Å². The van der Waals surface area contributed by atoms with Gasteiger partial charge in [-0.3, -0.25) is 0 Å². The van der Waals surface area contributed by atoms with Crippen molar-refractivity contribution < 1.29 is 4.74 Å². The molecule has 2 heteroatoms. The Balaban J connectivity index is 1.70. The highest BCUT2D eigenvalue weighted by atomic mass is 79.9. The Hall–Kier alpha value is 0.440. The zero-order chi connectivity index (χ0) is 12.6. The molecule has 0 aromatic rings. The zero-order valence-corrected chi connectivity index (χ0v) is 13.3. The third-order valence-corrected chi connectivity index (χ3v) is 6.74. The Morgan fingerprint density at radius 2 is 1.78 bits per heavy atom. The van der Waals surface area contributed by atoms with Crippen LogP contribution in [0.5, 0.6) is 0 Å². The van der Waals surface area contributed by atoms with Crippen molar-refractivity contribution in [3.63, 3.8) is 0 Å². The molecule has 1 saturated heterocycles. The quantitative estimate of drug-likeness (QED) is 0.614. The van der Waals surface area contributed by atoms with Gasteiger partial charge in [0.25, 0.3) is 0 Å². The van der Waals surface area contributed by atoms with Gasteiger partial charge in [0.05, 0.1) is 5.60 Å². The summed E-state index contributed by atoms with van der Waals surface area (Å²) in [6, 6.07) is 0. The number of hydrogen-bond acceptors (Lipinski definition) is 1. The molecule has 0 aromatic carbocycles. The predicted molar refractivity (Wildman–Crippen MR) is 79.2 cm³/mol. The largest absolute Gasteiger partial charge is 0.375 e. The molecule has 1 aliphatic heterocycles. The third kappa shape index (κ3) is 2.52. The topological polar surface area (TPSA) is 9.23 Å². The fraction of sp³-hybridized carbons (Fsp3) is 1.00. The predicted octanol–water partition coefficient (Wildman–Crippen LogP) is 5.07. The summed E-state index contributed by atoms with van der Waals surface area (Å²) in [5.74, 6) is 0.909. The lowest BCUT2D eigenvalue weighted by Crippen LogP contribution is -2.45. The Morgan fingerprint density at radius 1 is 1.00 bits per heavy atom.